The molecule has 0 heterocycles. The summed E-state index contributed by atoms with van der Waals surface area (Å²) in [4.78, 5) is 23.2. The molecule has 2 aromatic rings. The fraction of sp³-hybridized carbons (Fsp3) is 0.0667. The second-order valence-electron chi connectivity index (χ2n) is 4.12. The molecule has 6 nitrogen and oxygen atoms in total. The predicted octanol–water partition coefficient (Wildman–Crippen LogP) is 1.23. The maximum absolute atomic E-state index is 11.7. The minimum Gasteiger partial charge on any atom is -0.504 e. The summed E-state index contributed by atoms with van der Waals surface area (Å²) in [5, 5.41) is 9.46. The Morgan fingerprint density at radius 2 is 1.62 bits per heavy atom. The van der Waals surface area contributed by atoms with Crippen LogP contribution in [0, 0.1) is 0 Å². The van der Waals surface area contributed by atoms with Gasteiger partial charge >= 0.3 is 0 Å². The Bertz CT molecular complexity index is 629. The van der Waals surface area contributed by atoms with Crippen LogP contribution in [0.25, 0.3) is 0 Å². The number of phenols is 1. The summed E-state index contributed by atoms with van der Waals surface area (Å²) in [6.45, 7) is -0.327. The van der Waals surface area contributed by atoms with Gasteiger partial charge in [-0.15, -0.1) is 0 Å². The van der Waals surface area contributed by atoms with Crippen LogP contribution in [0.4, 0.5) is 0 Å². The lowest BCUT2D eigenvalue weighted by Gasteiger charge is -2.09. The first-order valence-corrected chi connectivity index (χ1v) is 6.22. The van der Waals surface area contributed by atoms with Gasteiger partial charge in [-0.2, -0.15) is 0 Å². The molecule has 0 atom stereocenters. The lowest BCUT2D eigenvalue weighted by molar-refractivity contribution is -0.123. The van der Waals surface area contributed by atoms with Gasteiger partial charge in [0.25, 0.3) is 11.8 Å². The minimum absolute atomic E-state index is 0.0568. The number of para-hydroxylation sites is 2. The molecule has 2 amide bonds. The van der Waals surface area contributed by atoms with Crippen LogP contribution in [-0.4, -0.2) is 23.5 Å². The standard InChI is InChI=1S/C15H14N2O4/c18-12-8-4-5-9-13(12)21-10-14(19)16-17-15(20)11-6-2-1-3-7-11/h1-9,18H,10H2,(H,16,19)(H,17,20). The zero-order chi connectivity index (χ0) is 15.1. The average molecular weight is 286 g/mol. The van der Waals surface area contributed by atoms with Gasteiger partial charge in [-0.25, -0.2) is 0 Å². The molecule has 0 bridgehead atoms. The summed E-state index contributed by atoms with van der Waals surface area (Å²) >= 11 is 0. The third-order valence-electron chi connectivity index (χ3n) is 2.58. The average Bonchev–Trinajstić information content (AvgIpc) is 2.52. The number of hydrazine groups is 1. The van der Waals surface area contributed by atoms with Crippen LogP contribution in [0.3, 0.4) is 0 Å². The maximum Gasteiger partial charge on any atom is 0.276 e. The van der Waals surface area contributed by atoms with E-state index in [9.17, 15) is 14.7 Å². The smallest absolute Gasteiger partial charge is 0.276 e. The topological polar surface area (TPSA) is 87.7 Å². The van der Waals surface area contributed by atoms with Crippen molar-refractivity contribution < 1.29 is 19.4 Å². The molecule has 0 fully saturated rings. The van der Waals surface area contributed by atoms with Crippen LogP contribution in [-0.2, 0) is 4.79 Å². The highest BCUT2D eigenvalue weighted by atomic mass is 16.5. The van der Waals surface area contributed by atoms with Crippen molar-refractivity contribution in [2.24, 2.45) is 0 Å². The second-order valence-corrected chi connectivity index (χ2v) is 4.12. The quantitative estimate of drug-likeness (QED) is 0.738. The largest absolute Gasteiger partial charge is 0.504 e. The number of ether oxygens (including phenoxy) is 1. The van der Waals surface area contributed by atoms with Gasteiger partial charge in [0.1, 0.15) is 0 Å². The van der Waals surface area contributed by atoms with Gasteiger partial charge in [0, 0.05) is 5.56 Å². The van der Waals surface area contributed by atoms with Crippen LogP contribution >= 0.6 is 0 Å². The number of amides is 2. The van der Waals surface area contributed by atoms with Crippen LogP contribution in [0.1, 0.15) is 10.4 Å². The van der Waals surface area contributed by atoms with E-state index in [-0.39, 0.29) is 18.1 Å². The molecule has 0 aliphatic rings. The van der Waals surface area contributed by atoms with E-state index in [0.717, 1.165) is 0 Å². The number of rotatable bonds is 4. The zero-order valence-corrected chi connectivity index (χ0v) is 11.1. The van der Waals surface area contributed by atoms with Gasteiger partial charge in [-0.1, -0.05) is 30.3 Å². The van der Waals surface area contributed by atoms with Crippen LogP contribution < -0.4 is 15.6 Å². The van der Waals surface area contributed by atoms with Crippen molar-refractivity contribution in [1.82, 2.24) is 10.9 Å². The van der Waals surface area contributed by atoms with Crippen molar-refractivity contribution >= 4 is 11.8 Å². The fourth-order valence-corrected chi connectivity index (χ4v) is 1.55. The van der Waals surface area contributed by atoms with E-state index in [1.54, 1.807) is 42.5 Å². The molecule has 0 aliphatic carbocycles. The summed E-state index contributed by atoms with van der Waals surface area (Å²) in [5.74, 6) is -0.824. The molecule has 0 spiro atoms. The molecule has 21 heavy (non-hydrogen) atoms. The number of nitrogens with one attached hydrogen (secondary N) is 2. The first-order chi connectivity index (χ1) is 10.2. The lowest BCUT2D eigenvalue weighted by Crippen LogP contribution is -2.43. The summed E-state index contributed by atoms with van der Waals surface area (Å²) in [6.07, 6.45) is 0. The number of carbonyl (C=O) groups excluding carboxylic acids is 2. The SMILES string of the molecule is O=C(COc1ccccc1O)NNC(=O)c1ccccc1. The maximum atomic E-state index is 11.7. The van der Waals surface area contributed by atoms with E-state index in [1.165, 1.54) is 12.1 Å². The van der Waals surface area contributed by atoms with Gasteiger partial charge < -0.3 is 9.84 Å². The summed E-state index contributed by atoms with van der Waals surface area (Å²) < 4.78 is 5.12. The Labute approximate surface area is 121 Å². The predicted molar refractivity (Wildman–Crippen MR) is 75.7 cm³/mol. The number of benzene rings is 2. The molecule has 0 unspecified atom stereocenters. The Morgan fingerprint density at radius 3 is 2.33 bits per heavy atom. The van der Waals surface area contributed by atoms with E-state index in [1.807, 2.05) is 0 Å². The third-order valence-corrected chi connectivity index (χ3v) is 2.58. The highest BCUT2D eigenvalue weighted by Crippen LogP contribution is 2.23. The lowest BCUT2D eigenvalue weighted by atomic mass is 10.2. The molecule has 3 N–H and O–H groups in total. The number of hydrogen-bond acceptors (Lipinski definition) is 4. The van der Waals surface area contributed by atoms with Gasteiger partial charge in [-0.05, 0) is 24.3 Å². The van der Waals surface area contributed by atoms with Gasteiger partial charge in [-0.3, -0.25) is 20.4 Å². The molecule has 108 valence electrons. The molecular weight excluding hydrogens is 272 g/mol. The summed E-state index contributed by atoms with van der Waals surface area (Å²) in [5.41, 5.74) is 4.92. The van der Waals surface area contributed by atoms with Crippen molar-refractivity contribution in [1.29, 1.82) is 0 Å². The van der Waals surface area contributed by atoms with Crippen LogP contribution in [0.15, 0.2) is 54.6 Å². The van der Waals surface area contributed by atoms with Crippen molar-refractivity contribution in [2.75, 3.05) is 6.61 Å². The molecule has 2 rings (SSSR count). The third kappa shape index (κ3) is 4.24. The van der Waals surface area contributed by atoms with Crippen molar-refractivity contribution in [3.8, 4) is 11.5 Å². The van der Waals surface area contributed by atoms with Crippen molar-refractivity contribution in [2.45, 2.75) is 0 Å². The Kier molecular flexibility index (Phi) is 4.76. The number of carbonyl (C=O) groups is 2. The number of hydrogen-bond donors (Lipinski definition) is 3. The van der Waals surface area contributed by atoms with Gasteiger partial charge in [0.15, 0.2) is 18.1 Å². The zero-order valence-electron chi connectivity index (χ0n) is 11.1. The highest BCUT2D eigenvalue weighted by molar-refractivity contribution is 5.95. The van der Waals surface area contributed by atoms with Crippen LogP contribution in [0.5, 0.6) is 11.5 Å². The van der Waals surface area contributed by atoms with Crippen molar-refractivity contribution in [3.05, 3.63) is 60.2 Å². The molecule has 0 aliphatic heterocycles. The molecule has 0 saturated heterocycles. The molecule has 0 radical (unpaired) electrons. The number of phenolic OH excluding ortho intramolecular Hbond substituents is 1. The Morgan fingerprint density at radius 1 is 0.952 bits per heavy atom. The Balaban J connectivity index is 1.78. The molecule has 2 aromatic carbocycles. The molecule has 0 saturated carbocycles. The van der Waals surface area contributed by atoms with E-state index >= 15 is 0 Å². The number of aromatic hydroxyl groups is 1. The van der Waals surface area contributed by atoms with E-state index < -0.39 is 11.8 Å². The highest BCUT2D eigenvalue weighted by Gasteiger charge is 2.08. The van der Waals surface area contributed by atoms with Gasteiger partial charge in [0.2, 0.25) is 0 Å². The first-order valence-electron chi connectivity index (χ1n) is 6.22. The van der Waals surface area contributed by atoms with Crippen molar-refractivity contribution in [3.63, 3.8) is 0 Å². The molecular formula is C15H14N2O4. The van der Waals surface area contributed by atoms with Gasteiger partial charge in [0.05, 0.1) is 0 Å². The van der Waals surface area contributed by atoms with E-state index in [0.29, 0.717) is 5.56 Å². The monoisotopic (exact) mass is 286 g/mol. The Hall–Kier alpha value is -3.02. The van der Waals surface area contributed by atoms with E-state index in [2.05, 4.69) is 10.9 Å². The van der Waals surface area contributed by atoms with Crippen LogP contribution in [0.2, 0.25) is 0 Å². The normalized spacial score (nSPS) is 9.71. The molecule has 6 heteroatoms. The second kappa shape index (κ2) is 6.95. The van der Waals surface area contributed by atoms with E-state index in [4.69, 9.17) is 4.74 Å². The first kappa shape index (κ1) is 14.4. The minimum atomic E-state index is -0.539. The molecule has 0 aromatic heterocycles. The summed E-state index contributed by atoms with van der Waals surface area (Å²) in [6, 6.07) is 14.8. The fourth-order valence-electron chi connectivity index (χ4n) is 1.55. The summed E-state index contributed by atoms with van der Waals surface area (Å²) in [7, 11) is 0.